The Hall–Kier alpha value is 0.580. The molecule has 0 aromatic carbocycles. The Labute approximate surface area is 200 Å². The van der Waals surface area contributed by atoms with Crippen LogP contribution in [0.1, 0.15) is 122 Å². The van der Waals surface area contributed by atoms with Crippen LogP contribution >= 0.6 is 22.0 Å². The molecule has 0 saturated heterocycles. The average Bonchev–Trinajstić information content (AvgIpc) is 2.75. The molecule has 0 bridgehead atoms. The Morgan fingerprint density at radius 3 is 1.45 bits per heavy atom. The highest BCUT2D eigenvalue weighted by Gasteiger charge is 2.12. The summed E-state index contributed by atoms with van der Waals surface area (Å²) < 4.78 is 0. The fourth-order valence-corrected chi connectivity index (χ4v) is 4.67. The van der Waals surface area contributed by atoms with Crippen molar-refractivity contribution >= 4 is 22.0 Å². The van der Waals surface area contributed by atoms with Crippen molar-refractivity contribution in [1.82, 2.24) is 10.4 Å². The fraction of sp³-hybridized carbons (Fsp3) is 1.00. The summed E-state index contributed by atoms with van der Waals surface area (Å²) in [6, 6.07) is -0.00329. The van der Waals surface area contributed by atoms with Gasteiger partial charge in [0.1, 0.15) is 11.7 Å². The molecule has 7 heteroatoms. The highest BCUT2D eigenvalue weighted by atomic mass is 32.1. The van der Waals surface area contributed by atoms with Crippen LogP contribution < -0.4 is 10.4 Å². The second-order valence-corrected chi connectivity index (χ2v) is 9.83. The largest absolute Gasteiger partial charge is 0.396 e. The monoisotopic (exact) mass is 480 g/mol. The molecule has 0 rings (SSSR count). The van der Waals surface area contributed by atoms with Gasteiger partial charge < -0.3 is 15.3 Å². The van der Waals surface area contributed by atoms with Crippen LogP contribution in [0.3, 0.4) is 0 Å². The van der Waals surface area contributed by atoms with Crippen molar-refractivity contribution in [2.24, 2.45) is 0 Å². The van der Waals surface area contributed by atoms with E-state index >= 15 is 0 Å². The Morgan fingerprint density at radius 2 is 1.03 bits per heavy atom. The van der Waals surface area contributed by atoms with Gasteiger partial charge >= 0.3 is 0 Å². The summed E-state index contributed by atoms with van der Waals surface area (Å²) in [5.74, 6) is 0. The predicted octanol–water partition coefficient (Wildman–Crippen LogP) is 5.30. The molecule has 0 spiro atoms. The predicted molar refractivity (Wildman–Crippen MR) is 140 cm³/mol. The first-order chi connectivity index (χ1) is 15.1. The molecule has 3 unspecified atom stereocenters. The van der Waals surface area contributed by atoms with Gasteiger partial charge in [-0.15, -0.1) is 12.6 Å². The summed E-state index contributed by atoms with van der Waals surface area (Å²) in [5, 5.41) is 34.4. The molecule has 0 aliphatic carbocycles. The molecular formula is C24H53N2O3PS. The maximum absolute atomic E-state index is 10.0. The van der Waals surface area contributed by atoms with Gasteiger partial charge in [-0.25, -0.2) is 0 Å². The van der Waals surface area contributed by atoms with Gasteiger partial charge in [-0.05, 0) is 38.6 Å². The third-order valence-corrected chi connectivity index (χ3v) is 6.82. The van der Waals surface area contributed by atoms with E-state index in [2.05, 4.69) is 32.4 Å². The van der Waals surface area contributed by atoms with Crippen LogP contribution in [-0.2, 0) is 0 Å². The number of hydrogen-bond donors (Lipinski definition) is 6. The van der Waals surface area contributed by atoms with E-state index in [9.17, 15) is 10.2 Å². The van der Waals surface area contributed by atoms with E-state index in [-0.39, 0.29) is 12.3 Å². The van der Waals surface area contributed by atoms with Gasteiger partial charge in [-0.1, -0.05) is 99.3 Å². The lowest BCUT2D eigenvalue weighted by Gasteiger charge is -2.18. The summed E-state index contributed by atoms with van der Waals surface area (Å²) in [4.78, 5) is 0. The highest BCUT2D eigenvalue weighted by Crippen LogP contribution is 2.14. The van der Waals surface area contributed by atoms with E-state index in [1.54, 1.807) is 0 Å². The minimum atomic E-state index is -0.639. The molecule has 4 atom stereocenters. The van der Waals surface area contributed by atoms with Crippen molar-refractivity contribution in [3.8, 4) is 0 Å². The number of aliphatic hydroxyl groups is 3. The molecule has 0 heterocycles. The van der Waals surface area contributed by atoms with Crippen LogP contribution in [-0.4, -0.2) is 46.2 Å². The van der Waals surface area contributed by atoms with Crippen LogP contribution in [0.4, 0.5) is 0 Å². The molecular weight excluding hydrogens is 427 g/mol. The molecule has 0 aliphatic heterocycles. The van der Waals surface area contributed by atoms with Gasteiger partial charge in [-0.3, -0.25) is 10.4 Å². The zero-order valence-corrected chi connectivity index (χ0v) is 22.0. The third kappa shape index (κ3) is 23.5. The average molecular weight is 481 g/mol. The lowest BCUT2D eigenvalue weighted by molar-refractivity contribution is 0.123. The molecule has 0 aliphatic rings. The Balaban J connectivity index is 3.23. The molecule has 5 nitrogen and oxygen atoms in total. The van der Waals surface area contributed by atoms with E-state index < -0.39 is 5.44 Å². The van der Waals surface area contributed by atoms with Crippen LogP contribution in [0.25, 0.3) is 0 Å². The molecule has 0 aromatic heterocycles. The molecule has 5 N–H and O–H groups in total. The highest BCUT2D eigenvalue weighted by molar-refractivity contribution is 7.80. The molecule has 188 valence electrons. The zero-order valence-electron chi connectivity index (χ0n) is 19.9. The quantitative estimate of drug-likeness (QED) is 0.0463. The van der Waals surface area contributed by atoms with E-state index in [1.165, 1.54) is 83.5 Å². The van der Waals surface area contributed by atoms with Crippen LogP contribution in [0, 0.1) is 0 Å². The smallest absolute Gasteiger partial charge is 0.112 e. The number of hydrogen-bond acceptors (Lipinski definition) is 6. The standard InChI is InChI=1S/C24H53N2O3PS/c27-21-17-13-11-9-7-5-3-1-2-4-6-8-10-12-14-19-23(28)25-20-16-15-18-22(26-30)24(29)31/h22-29,31H,1-21,30H2/t22-,23?,24?/m1/s1. The first-order valence-electron chi connectivity index (χ1n) is 13.0. The van der Waals surface area contributed by atoms with E-state index in [1.807, 2.05) is 0 Å². The molecule has 0 aromatic rings. The normalized spacial score (nSPS) is 14.6. The van der Waals surface area contributed by atoms with Crippen molar-refractivity contribution in [3.63, 3.8) is 0 Å². The van der Waals surface area contributed by atoms with Crippen LogP contribution in [0.2, 0.25) is 0 Å². The van der Waals surface area contributed by atoms with E-state index in [0.717, 1.165) is 45.1 Å². The van der Waals surface area contributed by atoms with Gasteiger partial charge in [0.2, 0.25) is 0 Å². The number of unbranched alkanes of at least 4 members (excludes halogenated alkanes) is 15. The van der Waals surface area contributed by atoms with Crippen molar-refractivity contribution in [3.05, 3.63) is 0 Å². The van der Waals surface area contributed by atoms with Gasteiger partial charge in [0.15, 0.2) is 0 Å². The zero-order chi connectivity index (χ0) is 23.0. The van der Waals surface area contributed by atoms with Crippen molar-refractivity contribution in [2.45, 2.75) is 140 Å². The maximum atomic E-state index is 10.0. The Morgan fingerprint density at radius 1 is 0.613 bits per heavy atom. The van der Waals surface area contributed by atoms with Gasteiger partial charge in [0.25, 0.3) is 0 Å². The molecule has 31 heavy (non-hydrogen) atoms. The molecule has 0 radical (unpaired) electrons. The number of thiol groups is 1. The van der Waals surface area contributed by atoms with Crippen LogP contribution in [0.15, 0.2) is 0 Å². The van der Waals surface area contributed by atoms with E-state index in [4.69, 9.17) is 5.11 Å². The van der Waals surface area contributed by atoms with E-state index in [0.29, 0.717) is 6.61 Å². The lowest BCUT2D eigenvalue weighted by Crippen LogP contribution is -2.32. The van der Waals surface area contributed by atoms with Crippen LogP contribution in [0.5, 0.6) is 0 Å². The summed E-state index contributed by atoms with van der Waals surface area (Å²) >= 11 is 4.06. The van der Waals surface area contributed by atoms with Gasteiger partial charge in [0, 0.05) is 12.6 Å². The number of nitrogens with one attached hydrogen (secondary N) is 2. The second-order valence-electron chi connectivity index (χ2n) is 8.97. The lowest BCUT2D eigenvalue weighted by atomic mass is 10.0. The Kier molecular flexibility index (Phi) is 25.7. The molecule has 0 saturated carbocycles. The SMILES string of the molecule is OCCCCCCCCCCCCCCCCCC(O)NCCCC[C@@H](NP)C(O)S. The Bertz CT molecular complexity index is 355. The van der Waals surface area contributed by atoms with Crippen molar-refractivity contribution in [1.29, 1.82) is 0 Å². The van der Waals surface area contributed by atoms with Crippen molar-refractivity contribution < 1.29 is 15.3 Å². The van der Waals surface area contributed by atoms with Gasteiger partial charge in [0.05, 0.1) is 0 Å². The summed E-state index contributed by atoms with van der Waals surface area (Å²) in [6.07, 6.45) is 22.6. The number of rotatable bonds is 25. The van der Waals surface area contributed by atoms with Crippen molar-refractivity contribution in [2.75, 3.05) is 13.2 Å². The molecule has 0 amide bonds. The maximum Gasteiger partial charge on any atom is 0.112 e. The number of aliphatic hydroxyl groups excluding tert-OH is 3. The summed E-state index contributed by atoms with van der Waals surface area (Å²) in [6.45, 7) is 1.17. The second kappa shape index (κ2) is 25.2. The topological polar surface area (TPSA) is 84.8 Å². The minimum absolute atomic E-state index is 0.00329. The minimum Gasteiger partial charge on any atom is -0.396 e. The summed E-state index contributed by atoms with van der Waals surface area (Å²) in [7, 11) is 2.43. The third-order valence-electron chi connectivity index (χ3n) is 6.03. The van der Waals surface area contributed by atoms with Gasteiger partial charge in [-0.2, -0.15) is 0 Å². The fourth-order valence-electron chi connectivity index (χ4n) is 3.93. The molecule has 0 fully saturated rings. The summed E-state index contributed by atoms with van der Waals surface area (Å²) in [5.41, 5.74) is -0.639. The first kappa shape index (κ1) is 31.6. The first-order valence-corrected chi connectivity index (χ1v) is 14.1.